The largest absolute Gasteiger partial charge is 0.462 e. The van der Waals surface area contributed by atoms with Crippen molar-refractivity contribution in [3.8, 4) is 28.0 Å². The number of esters is 2. The number of carbonyl (C=O) groups is 2. The molecule has 0 spiro atoms. The molecule has 1 aliphatic rings. The lowest BCUT2D eigenvalue weighted by Crippen LogP contribution is -2.16. The van der Waals surface area contributed by atoms with Gasteiger partial charge in [0.15, 0.2) is 0 Å². The highest BCUT2D eigenvalue weighted by Crippen LogP contribution is 2.42. The number of methoxy groups -OCH3 is 1. The molecule has 0 bridgehead atoms. The fourth-order valence-corrected chi connectivity index (χ4v) is 6.06. The third-order valence-corrected chi connectivity index (χ3v) is 8.50. The van der Waals surface area contributed by atoms with Crippen molar-refractivity contribution in [1.82, 2.24) is 0 Å². The molecule has 5 heteroatoms. The van der Waals surface area contributed by atoms with Gasteiger partial charge in [-0.15, -0.1) is 0 Å². The molecule has 44 heavy (non-hydrogen) atoms. The van der Waals surface area contributed by atoms with E-state index in [1.165, 1.54) is 49.5 Å². The van der Waals surface area contributed by atoms with Gasteiger partial charge in [0.1, 0.15) is 5.75 Å². The Labute approximate surface area is 262 Å². The highest BCUT2D eigenvalue weighted by molar-refractivity contribution is 5.90. The van der Waals surface area contributed by atoms with Crippen molar-refractivity contribution in [3.05, 3.63) is 102 Å². The van der Waals surface area contributed by atoms with Gasteiger partial charge in [-0.2, -0.15) is 0 Å². The zero-order valence-electron chi connectivity index (χ0n) is 26.5. The molecule has 0 unspecified atom stereocenters. The van der Waals surface area contributed by atoms with Gasteiger partial charge in [0, 0.05) is 12.7 Å². The third kappa shape index (κ3) is 9.03. The monoisotopic (exact) mass is 594 g/mol. The molecule has 3 aromatic carbocycles. The lowest BCUT2D eigenvalue weighted by atomic mass is 9.75. The third-order valence-electron chi connectivity index (χ3n) is 8.50. The van der Waals surface area contributed by atoms with Gasteiger partial charge < -0.3 is 14.2 Å². The molecular formula is C39H46O5. The number of carbonyl (C=O) groups excluding carboxylic acids is 2. The Bertz CT molecular complexity index is 1430. The maximum atomic E-state index is 12.5. The van der Waals surface area contributed by atoms with Crippen LogP contribution >= 0.6 is 0 Å². The summed E-state index contributed by atoms with van der Waals surface area (Å²) in [5.41, 5.74) is 7.83. The minimum Gasteiger partial charge on any atom is -0.462 e. The van der Waals surface area contributed by atoms with E-state index in [4.69, 9.17) is 14.2 Å². The minimum absolute atomic E-state index is 0.146. The van der Waals surface area contributed by atoms with E-state index in [-0.39, 0.29) is 12.6 Å². The number of ether oxygens (including phenoxy) is 3. The Morgan fingerprint density at radius 3 is 2.09 bits per heavy atom. The summed E-state index contributed by atoms with van der Waals surface area (Å²) in [6, 6.07) is 23.3. The van der Waals surface area contributed by atoms with E-state index in [1.807, 2.05) is 6.07 Å². The Hall–Kier alpha value is -3.96. The average molecular weight is 595 g/mol. The second-order valence-electron chi connectivity index (χ2n) is 12.0. The molecular weight excluding hydrogens is 548 g/mol. The first kappa shape index (κ1) is 32.9. The maximum Gasteiger partial charge on any atom is 0.341 e. The molecule has 0 radical (unpaired) electrons. The topological polar surface area (TPSA) is 61.8 Å². The summed E-state index contributed by atoms with van der Waals surface area (Å²) in [5.74, 6) is 0.989. The normalized spacial score (nSPS) is 16.2. The SMILES string of the molecule is C=C(C)C(=O)OCCCc1ccc(-c2ccc(-c3ccc(OC(=O)C(=C)COC)cc3C3CCC(CCC)CC3)cc2)cc1. The first-order valence-corrected chi connectivity index (χ1v) is 15.8. The summed E-state index contributed by atoms with van der Waals surface area (Å²) in [7, 11) is 1.54. The van der Waals surface area contributed by atoms with Crippen LogP contribution in [0.2, 0.25) is 0 Å². The lowest BCUT2D eigenvalue weighted by Gasteiger charge is -2.30. The van der Waals surface area contributed by atoms with Crippen LogP contribution < -0.4 is 4.74 Å². The van der Waals surface area contributed by atoms with Crippen LogP contribution in [0.3, 0.4) is 0 Å². The van der Waals surface area contributed by atoms with Crippen molar-refractivity contribution < 1.29 is 23.8 Å². The van der Waals surface area contributed by atoms with Crippen molar-refractivity contribution in [1.29, 1.82) is 0 Å². The van der Waals surface area contributed by atoms with E-state index in [9.17, 15) is 9.59 Å². The molecule has 5 nitrogen and oxygen atoms in total. The number of aryl methyl sites for hydroxylation is 1. The zero-order valence-corrected chi connectivity index (χ0v) is 26.5. The Morgan fingerprint density at radius 2 is 1.48 bits per heavy atom. The molecule has 0 heterocycles. The van der Waals surface area contributed by atoms with E-state index in [1.54, 1.807) is 6.92 Å². The van der Waals surface area contributed by atoms with Crippen molar-refractivity contribution in [2.75, 3.05) is 20.3 Å². The molecule has 1 saturated carbocycles. The number of hydrogen-bond donors (Lipinski definition) is 0. The summed E-state index contributed by atoms with van der Waals surface area (Å²) in [5, 5.41) is 0. The summed E-state index contributed by atoms with van der Waals surface area (Å²) in [6.45, 7) is 11.9. The van der Waals surface area contributed by atoms with Crippen molar-refractivity contribution >= 4 is 11.9 Å². The predicted molar refractivity (Wildman–Crippen MR) is 178 cm³/mol. The van der Waals surface area contributed by atoms with Gasteiger partial charge in [0.25, 0.3) is 0 Å². The number of rotatable bonds is 14. The molecule has 0 aliphatic heterocycles. The van der Waals surface area contributed by atoms with Crippen LogP contribution in [0.1, 0.15) is 75.8 Å². The first-order chi connectivity index (χ1) is 21.3. The lowest BCUT2D eigenvalue weighted by molar-refractivity contribution is -0.139. The second-order valence-corrected chi connectivity index (χ2v) is 12.0. The van der Waals surface area contributed by atoms with Crippen LogP contribution in [-0.2, 0) is 25.5 Å². The van der Waals surface area contributed by atoms with Crippen LogP contribution in [0.25, 0.3) is 22.3 Å². The van der Waals surface area contributed by atoms with E-state index in [0.29, 0.717) is 29.4 Å². The minimum atomic E-state index is -0.459. The number of benzene rings is 3. The average Bonchev–Trinajstić information content (AvgIpc) is 3.04. The zero-order chi connectivity index (χ0) is 31.5. The number of hydrogen-bond acceptors (Lipinski definition) is 5. The standard InChI is InChI=1S/C39H46O5/c1-6-8-29-12-16-34(17-13-29)37-25-35(44-39(41)28(4)26-42-5)22-23-36(37)33-20-18-32(19-21-33)31-14-10-30(11-15-31)9-7-24-43-38(40)27(2)3/h10-11,14-15,18-23,25,29,34H,2,4,6-9,12-13,16-17,24,26H2,1,3,5H3. The molecule has 232 valence electrons. The van der Waals surface area contributed by atoms with Crippen molar-refractivity contribution in [3.63, 3.8) is 0 Å². The van der Waals surface area contributed by atoms with E-state index >= 15 is 0 Å². The van der Waals surface area contributed by atoms with E-state index < -0.39 is 5.97 Å². The highest BCUT2D eigenvalue weighted by atomic mass is 16.5. The molecule has 4 rings (SSSR count). The van der Waals surface area contributed by atoms with Crippen molar-refractivity contribution in [2.24, 2.45) is 5.92 Å². The molecule has 0 N–H and O–H groups in total. The second kappa shape index (κ2) is 16.2. The van der Waals surface area contributed by atoms with Crippen LogP contribution in [0.5, 0.6) is 5.75 Å². The smallest absolute Gasteiger partial charge is 0.341 e. The molecule has 1 fully saturated rings. The highest BCUT2D eigenvalue weighted by Gasteiger charge is 2.25. The maximum absolute atomic E-state index is 12.5. The molecule has 0 aromatic heterocycles. The molecule has 1 aliphatic carbocycles. The summed E-state index contributed by atoms with van der Waals surface area (Å²) in [6.07, 6.45) is 8.92. The first-order valence-electron chi connectivity index (χ1n) is 15.8. The van der Waals surface area contributed by atoms with Gasteiger partial charge in [-0.05, 0) is 103 Å². The van der Waals surface area contributed by atoms with Gasteiger partial charge in [0.2, 0.25) is 0 Å². The van der Waals surface area contributed by atoms with Crippen LogP contribution in [0.15, 0.2) is 91.0 Å². The summed E-state index contributed by atoms with van der Waals surface area (Å²) in [4.78, 5) is 24.1. The molecule has 0 atom stereocenters. The van der Waals surface area contributed by atoms with Crippen molar-refractivity contribution in [2.45, 2.75) is 71.1 Å². The van der Waals surface area contributed by atoms with Crippen LogP contribution in [0, 0.1) is 5.92 Å². The Kier molecular flexibility index (Phi) is 12.1. The molecule has 0 amide bonds. The fraction of sp³-hybridized carbons (Fsp3) is 0.385. The Balaban J connectivity index is 1.49. The van der Waals surface area contributed by atoms with E-state index in [0.717, 1.165) is 48.3 Å². The van der Waals surface area contributed by atoms with Gasteiger partial charge in [-0.3, -0.25) is 0 Å². The summed E-state index contributed by atoms with van der Waals surface area (Å²) >= 11 is 0. The van der Waals surface area contributed by atoms with Crippen LogP contribution in [0.4, 0.5) is 0 Å². The van der Waals surface area contributed by atoms with Gasteiger partial charge in [-0.25, -0.2) is 9.59 Å². The van der Waals surface area contributed by atoms with Gasteiger partial charge >= 0.3 is 11.9 Å². The van der Waals surface area contributed by atoms with E-state index in [2.05, 4.69) is 80.7 Å². The quantitative estimate of drug-likeness (QED) is 0.0806. The summed E-state index contributed by atoms with van der Waals surface area (Å²) < 4.78 is 16.0. The van der Waals surface area contributed by atoms with Crippen LogP contribution in [-0.4, -0.2) is 32.3 Å². The van der Waals surface area contributed by atoms with Gasteiger partial charge in [0.05, 0.1) is 18.8 Å². The van der Waals surface area contributed by atoms with Gasteiger partial charge in [-0.1, -0.05) is 87.5 Å². The Morgan fingerprint density at radius 1 is 0.841 bits per heavy atom. The fourth-order valence-electron chi connectivity index (χ4n) is 6.06. The molecule has 3 aromatic rings. The predicted octanol–water partition coefficient (Wildman–Crippen LogP) is 9.25. The molecule has 0 saturated heterocycles.